The highest BCUT2D eigenvalue weighted by Crippen LogP contribution is 2.15. The number of benzene rings is 1. The fourth-order valence-corrected chi connectivity index (χ4v) is 3.86. The van der Waals surface area contributed by atoms with E-state index in [9.17, 15) is 4.79 Å². The third-order valence-electron chi connectivity index (χ3n) is 5.54. The van der Waals surface area contributed by atoms with Gasteiger partial charge in [-0.05, 0) is 57.5 Å². The van der Waals surface area contributed by atoms with E-state index >= 15 is 0 Å². The highest BCUT2D eigenvalue weighted by Gasteiger charge is 2.21. The maximum absolute atomic E-state index is 11.8. The minimum absolute atomic E-state index is 0. The molecule has 1 amide bonds. The molecule has 1 aliphatic rings. The van der Waals surface area contributed by atoms with Gasteiger partial charge in [0.25, 0.3) is 5.95 Å². The Bertz CT molecular complexity index is 983. The average molecular weight is 540 g/mol. The Labute approximate surface area is 224 Å². The van der Waals surface area contributed by atoms with Crippen LogP contribution in [-0.2, 0) is 4.74 Å². The predicted molar refractivity (Wildman–Crippen MR) is 148 cm³/mol. The number of hydrogen-bond acceptors (Lipinski definition) is 7. The van der Waals surface area contributed by atoms with Gasteiger partial charge in [-0.1, -0.05) is 18.0 Å². The zero-order chi connectivity index (χ0) is 25.0. The molecule has 0 bridgehead atoms. The van der Waals surface area contributed by atoms with Gasteiger partial charge in [0.1, 0.15) is 5.82 Å². The van der Waals surface area contributed by atoms with Gasteiger partial charge < -0.3 is 26.0 Å². The number of guanidine groups is 1. The first-order chi connectivity index (χ1) is 16.9. The van der Waals surface area contributed by atoms with E-state index in [1.165, 1.54) is 0 Å². The Kier molecular flexibility index (Phi) is 12.5. The van der Waals surface area contributed by atoms with Crippen LogP contribution in [-0.4, -0.2) is 77.7 Å². The van der Waals surface area contributed by atoms with Crippen molar-refractivity contribution in [3.8, 4) is 0 Å². The van der Waals surface area contributed by atoms with Crippen LogP contribution < -0.4 is 16.4 Å². The van der Waals surface area contributed by atoms with Crippen LogP contribution in [0.15, 0.2) is 35.3 Å². The molecular weight excluding hydrogens is 503 g/mol. The number of unbranched alkanes of at least 4 members (excludes halogenated alkanes) is 2. The zero-order valence-electron chi connectivity index (χ0n) is 20.9. The van der Waals surface area contributed by atoms with Crippen LogP contribution in [0.1, 0.15) is 31.9 Å². The number of amides is 1. The number of nitrogens with two attached hydrogens (primary N) is 1. The molecule has 2 heterocycles. The summed E-state index contributed by atoms with van der Waals surface area (Å²) in [6.07, 6.45) is 3.06. The molecule has 1 aromatic heterocycles. The van der Waals surface area contributed by atoms with E-state index in [-0.39, 0.29) is 24.5 Å². The summed E-state index contributed by atoms with van der Waals surface area (Å²) in [5.74, 6) is 1.23. The van der Waals surface area contributed by atoms with Crippen molar-refractivity contribution < 1.29 is 9.53 Å². The van der Waals surface area contributed by atoms with Crippen molar-refractivity contribution in [2.24, 2.45) is 10.7 Å². The number of ether oxygens (including phenoxy) is 1. The SMILES string of the molecule is CCOC(=O)N1CCN(CCCCCNc2cc(C)nc(N=C(N)Nc3ccc(Cl)cc3)n2)CC1.Cl. The summed E-state index contributed by atoms with van der Waals surface area (Å²) in [6.45, 7) is 9.28. The van der Waals surface area contributed by atoms with Crippen LogP contribution >= 0.6 is 24.0 Å². The van der Waals surface area contributed by atoms with Gasteiger partial charge >= 0.3 is 6.09 Å². The summed E-state index contributed by atoms with van der Waals surface area (Å²) in [4.78, 5) is 29.1. The summed E-state index contributed by atoms with van der Waals surface area (Å²) < 4.78 is 5.07. The Hall–Kier alpha value is -2.82. The Morgan fingerprint density at radius 2 is 1.86 bits per heavy atom. The largest absolute Gasteiger partial charge is 0.450 e. The van der Waals surface area contributed by atoms with Gasteiger partial charge in [0.15, 0.2) is 0 Å². The quantitative estimate of drug-likeness (QED) is 0.233. The van der Waals surface area contributed by atoms with Gasteiger partial charge in [-0.2, -0.15) is 9.98 Å². The number of halogens is 2. The van der Waals surface area contributed by atoms with Gasteiger partial charge in [-0.15, -0.1) is 12.4 Å². The Morgan fingerprint density at radius 1 is 1.14 bits per heavy atom. The van der Waals surface area contributed by atoms with E-state index in [1.54, 1.807) is 17.0 Å². The molecule has 12 heteroatoms. The van der Waals surface area contributed by atoms with Crippen molar-refractivity contribution in [3.63, 3.8) is 0 Å². The zero-order valence-corrected chi connectivity index (χ0v) is 22.4. The molecule has 1 fully saturated rings. The lowest BCUT2D eigenvalue weighted by molar-refractivity contribution is 0.0792. The van der Waals surface area contributed by atoms with Crippen LogP contribution in [0.25, 0.3) is 0 Å². The topological polar surface area (TPSA) is 121 Å². The first kappa shape index (κ1) is 29.4. The average Bonchev–Trinajstić information content (AvgIpc) is 2.83. The van der Waals surface area contributed by atoms with Crippen LogP contribution in [0.2, 0.25) is 5.02 Å². The molecule has 1 saturated heterocycles. The molecule has 0 unspecified atom stereocenters. The van der Waals surface area contributed by atoms with Crippen LogP contribution in [0.5, 0.6) is 0 Å². The highest BCUT2D eigenvalue weighted by molar-refractivity contribution is 6.30. The number of aryl methyl sites for hydroxylation is 1. The number of carbonyl (C=O) groups is 1. The summed E-state index contributed by atoms with van der Waals surface area (Å²) >= 11 is 5.91. The smallest absolute Gasteiger partial charge is 0.409 e. The standard InChI is InChI=1S/C24H35ClN8O2.ClH/c1-3-35-24(34)33-15-13-32(14-16-33)12-6-4-5-11-27-21-17-18(2)28-23(30-21)31-22(26)29-20-9-7-19(25)8-10-20;/h7-10,17H,3-6,11-16H2,1-2H3,(H4,26,27,28,29,30,31);1H. The number of rotatable bonds is 10. The molecule has 10 nitrogen and oxygen atoms in total. The van der Waals surface area contributed by atoms with Crippen molar-refractivity contribution in [1.82, 2.24) is 19.8 Å². The molecule has 3 rings (SSSR count). The maximum Gasteiger partial charge on any atom is 0.409 e. The van der Waals surface area contributed by atoms with Crippen molar-refractivity contribution in [1.29, 1.82) is 0 Å². The third-order valence-corrected chi connectivity index (χ3v) is 5.79. The maximum atomic E-state index is 11.8. The van der Waals surface area contributed by atoms with Gasteiger partial charge in [-0.3, -0.25) is 4.90 Å². The number of carbonyl (C=O) groups excluding carboxylic acids is 1. The minimum Gasteiger partial charge on any atom is -0.450 e. The minimum atomic E-state index is -0.201. The molecule has 4 N–H and O–H groups in total. The fourth-order valence-electron chi connectivity index (χ4n) is 3.73. The van der Waals surface area contributed by atoms with Gasteiger partial charge in [-0.25, -0.2) is 9.78 Å². The number of anilines is 2. The van der Waals surface area contributed by atoms with Gasteiger partial charge in [0.05, 0.1) is 6.61 Å². The molecule has 0 saturated carbocycles. The number of piperazine rings is 1. The second-order valence-electron chi connectivity index (χ2n) is 8.34. The molecule has 198 valence electrons. The van der Waals surface area contributed by atoms with Crippen LogP contribution in [0.4, 0.5) is 22.2 Å². The Balaban J connectivity index is 0.00000456. The summed E-state index contributed by atoms with van der Waals surface area (Å²) in [6, 6.07) is 9.07. The molecule has 0 atom stereocenters. The second-order valence-corrected chi connectivity index (χ2v) is 8.77. The highest BCUT2D eigenvalue weighted by atomic mass is 35.5. The van der Waals surface area contributed by atoms with Crippen LogP contribution in [0.3, 0.4) is 0 Å². The predicted octanol–water partition coefficient (Wildman–Crippen LogP) is 4.27. The summed E-state index contributed by atoms with van der Waals surface area (Å²) in [7, 11) is 0. The normalized spacial score (nSPS) is 14.2. The van der Waals surface area contributed by atoms with Crippen LogP contribution in [0, 0.1) is 6.92 Å². The molecule has 36 heavy (non-hydrogen) atoms. The molecule has 1 aromatic carbocycles. The lowest BCUT2D eigenvalue weighted by Gasteiger charge is -2.34. The van der Waals surface area contributed by atoms with E-state index in [1.807, 2.05) is 32.0 Å². The van der Waals surface area contributed by atoms with Crippen molar-refractivity contribution in [3.05, 3.63) is 41.0 Å². The lowest BCUT2D eigenvalue weighted by Crippen LogP contribution is -2.49. The number of nitrogens with one attached hydrogen (secondary N) is 2. The van der Waals surface area contributed by atoms with Crippen molar-refractivity contribution >= 4 is 53.5 Å². The number of hydrogen-bond donors (Lipinski definition) is 3. The molecular formula is C24H36Cl2N8O2. The number of aromatic nitrogens is 2. The first-order valence-corrected chi connectivity index (χ1v) is 12.4. The molecule has 0 radical (unpaired) electrons. The van der Waals surface area contributed by atoms with E-state index in [0.29, 0.717) is 17.6 Å². The Morgan fingerprint density at radius 3 is 2.56 bits per heavy atom. The van der Waals surface area contributed by atoms with Gasteiger partial charge in [0, 0.05) is 55.2 Å². The summed E-state index contributed by atoms with van der Waals surface area (Å²) in [5.41, 5.74) is 7.59. The van der Waals surface area contributed by atoms with E-state index in [0.717, 1.165) is 75.7 Å². The lowest BCUT2D eigenvalue weighted by atomic mass is 10.2. The van der Waals surface area contributed by atoms with Crippen molar-refractivity contribution in [2.75, 3.05) is 56.5 Å². The van der Waals surface area contributed by atoms with Crippen molar-refractivity contribution in [2.45, 2.75) is 33.1 Å². The molecule has 2 aromatic rings. The summed E-state index contributed by atoms with van der Waals surface area (Å²) in [5, 5.41) is 7.01. The van der Waals surface area contributed by atoms with E-state index in [4.69, 9.17) is 22.1 Å². The first-order valence-electron chi connectivity index (χ1n) is 12.0. The third kappa shape index (κ3) is 10.0. The van der Waals surface area contributed by atoms with E-state index < -0.39 is 0 Å². The second kappa shape index (κ2) is 15.3. The fraction of sp³-hybridized carbons (Fsp3) is 0.500. The van der Waals surface area contributed by atoms with Gasteiger partial charge in [0.2, 0.25) is 5.96 Å². The molecule has 0 aliphatic carbocycles. The monoisotopic (exact) mass is 538 g/mol. The molecule has 0 spiro atoms. The van der Waals surface area contributed by atoms with E-state index in [2.05, 4.69) is 30.5 Å². The number of aliphatic imine (C=N–C) groups is 1. The number of nitrogens with zero attached hydrogens (tertiary/aromatic N) is 5. The molecule has 1 aliphatic heterocycles.